The van der Waals surface area contributed by atoms with Crippen LogP contribution >= 0.6 is 15.9 Å². The predicted octanol–water partition coefficient (Wildman–Crippen LogP) is 3.10. The van der Waals surface area contributed by atoms with Gasteiger partial charge in [-0.25, -0.2) is 5.06 Å². The lowest BCUT2D eigenvalue weighted by molar-refractivity contribution is -0.138. The molecule has 0 aliphatic carbocycles. The third kappa shape index (κ3) is 3.19. The Morgan fingerprint density at radius 1 is 1.41 bits per heavy atom. The maximum Gasteiger partial charge on any atom is 0.417 e. The van der Waals surface area contributed by atoms with E-state index in [0.717, 1.165) is 23.3 Å². The Balaban J connectivity index is 3.09. The first-order valence-electron chi connectivity index (χ1n) is 4.46. The number of benzene rings is 1. The molecule has 0 heterocycles. The molecule has 0 unspecified atom stereocenters. The molecule has 0 saturated heterocycles. The number of hydrogen-bond donors (Lipinski definition) is 0. The molecule has 94 valence electrons. The topological polar surface area (TPSA) is 29.5 Å². The minimum atomic E-state index is -4.45. The molecule has 7 heteroatoms. The number of carbonyl (C=O) groups is 1. The summed E-state index contributed by atoms with van der Waals surface area (Å²) in [5.41, 5.74) is -0.719. The largest absolute Gasteiger partial charge is 0.417 e. The number of nitrogens with zero attached hydrogens (tertiary/aromatic N) is 1. The number of rotatable bonds is 2. The van der Waals surface area contributed by atoms with Crippen molar-refractivity contribution in [3.63, 3.8) is 0 Å². The molecule has 0 atom stereocenters. The van der Waals surface area contributed by atoms with Crippen molar-refractivity contribution in [3.05, 3.63) is 33.8 Å². The van der Waals surface area contributed by atoms with Crippen LogP contribution in [0.2, 0.25) is 0 Å². The van der Waals surface area contributed by atoms with Crippen LogP contribution in [0.5, 0.6) is 0 Å². The highest BCUT2D eigenvalue weighted by molar-refractivity contribution is 9.10. The summed E-state index contributed by atoms with van der Waals surface area (Å²) in [7, 11) is 2.66. The van der Waals surface area contributed by atoms with Crippen molar-refractivity contribution in [1.82, 2.24) is 5.06 Å². The van der Waals surface area contributed by atoms with Crippen LogP contribution in [0.25, 0.3) is 0 Å². The molecule has 0 aliphatic rings. The number of hydroxylamine groups is 2. The second-order valence-corrected chi connectivity index (χ2v) is 4.03. The van der Waals surface area contributed by atoms with Gasteiger partial charge in [0.15, 0.2) is 0 Å². The van der Waals surface area contributed by atoms with E-state index in [1.54, 1.807) is 0 Å². The maximum absolute atomic E-state index is 12.5. The Kier molecular flexibility index (Phi) is 4.16. The molecular formula is C10H9BrF3NO2. The number of hydrogen-bond acceptors (Lipinski definition) is 2. The van der Waals surface area contributed by atoms with Crippen LogP contribution in [0.1, 0.15) is 15.9 Å². The van der Waals surface area contributed by atoms with Gasteiger partial charge in [-0.05, 0) is 18.2 Å². The summed E-state index contributed by atoms with van der Waals surface area (Å²) in [5.74, 6) is -0.526. The molecule has 0 saturated carbocycles. The SMILES string of the molecule is CON(C)C(=O)c1ccc(C(F)(F)F)c(Br)c1. The van der Waals surface area contributed by atoms with Crippen LogP contribution in [-0.2, 0) is 11.0 Å². The Morgan fingerprint density at radius 3 is 2.41 bits per heavy atom. The lowest BCUT2D eigenvalue weighted by atomic mass is 10.1. The van der Waals surface area contributed by atoms with Gasteiger partial charge < -0.3 is 0 Å². The molecule has 17 heavy (non-hydrogen) atoms. The quantitative estimate of drug-likeness (QED) is 0.785. The Hall–Kier alpha value is -1.08. The highest BCUT2D eigenvalue weighted by Crippen LogP contribution is 2.35. The maximum atomic E-state index is 12.5. The summed E-state index contributed by atoms with van der Waals surface area (Å²) in [5, 5.41) is 0.926. The molecule has 0 radical (unpaired) electrons. The molecule has 0 aliphatic heterocycles. The molecule has 0 bridgehead atoms. The standard InChI is InChI=1S/C10H9BrF3NO2/c1-15(17-2)9(16)6-3-4-7(8(11)5-6)10(12,13)14/h3-5H,1-2H3. The van der Waals surface area contributed by atoms with Gasteiger partial charge in [0.25, 0.3) is 5.91 Å². The smallest absolute Gasteiger partial charge is 0.274 e. The molecule has 1 amide bonds. The van der Waals surface area contributed by atoms with E-state index in [1.165, 1.54) is 14.2 Å². The summed E-state index contributed by atoms with van der Waals surface area (Å²) in [4.78, 5) is 16.2. The lowest BCUT2D eigenvalue weighted by Gasteiger charge is -2.15. The molecule has 0 fully saturated rings. The third-order valence-corrected chi connectivity index (χ3v) is 2.74. The Morgan fingerprint density at radius 2 is 2.00 bits per heavy atom. The van der Waals surface area contributed by atoms with Gasteiger partial charge in [0, 0.05) is 17.1 Å². The van der Waals surface area contributed by atoms with Crippen LogP contribution in [-0.4, -0.2) is 25.1 Å². The monoisotopic (exact) mass is 311 g/mol. The van der Waals surface area contributed by atoms with E-state index in [-0.39, 0.29) is 10.0 Å². The number of halogens is 4. The van der Waals surface area contributed by atoms with Gasteiger partial charge in [-0.2, -0.15) is 13.2 Å². The fraction of sp³-hybridized carbons (Fsp3) is 0.300. The van der Waals surface area contributed by atoms with Gasteiger partial charge in [-0.1, -0.05) is 15.9 Å². The summed E-state index contributed by atoms with van der Waals surface area (Å²) in [6, 6.07) is 3.06. The van der Waals surface area contributed by atoms with E-state index < -0.39 is 17.6 Å². The minimum absolute atomic E-state index is 0.106. The van der Waals surface area contributed by atoms with Crippen molar-refractivity contribution < 1.29 is 22.8 Å². The van der Waals surface area contributed by atoms with Crippen molar-refractivity contribution in [1.29, 1.82) is 0 Å². The van der Waals surface area contributed by atoms with Gasteiger partial charge >= 0.3 is 6.18 Å². The molecule has 1 aromatic rings. The van der Waals surface area contributed by atoms with Crippen molar-refractivity contribution in [2.75, 3.05) is 14.2 Å². The average molecular weight is 312 g/mol. The predicted molar refractivity (Wildman–Crippen MR) is 58.2 cm³/mol. The van der Waals surface area contributed by atoms with Crippen molar-refractivity contribution in [3.8, 4) is 0 Å². The zero-order chi connectivity index (χ0) is 13.2. The van der Waals surface area contributed by atoms with Crippen molar-refractivity contribution >= 4 is 21.8 Å². The summed E-state index contributed by atoms with van der Waals surface area (Å²) < 4.78 is 37.2. The molecule has 0 spiro atoms. The lowest BCUT2D eigenvalue weighted by Crippen LogP contribution is -2.25. The zero-order valence-corrected chi connectivity index (χ0v) is 10.6. The third-order valence-electron chi connectivity index (χ3n) is 2.08. The van der Waals surface area contributed by atoms with E-state index in [4.69, 9.17) is 0 Å². The second kappa shape index (κ2) is 5.05. The first-order chi connectivity index (χ1) is 7.77. The first kappa shape index (κ1) is 14.0. The fourth-order valence-electron chi connectivity index (χ4n) is 1.14. The van der Waals surface area contributed by atoms with Crippen LogP contribution in [0.15, 0.2) is 22.7 Å². The normalized spacial score (nSPS) is 11.4. The number of carbonyl (C=O) groups excluding carboxylic acids is 1. The van der Waals surface area contributed by atoms with E-state index in [0.29, 0.717) is 0 Å². The van der Waals surface area contributed by atoms with E-state index >= 15 is 0 Å². The zero-order valence-electron chi connectivity index (χ0n) is 9.01. The van der Waals surface area contributed by atoms with E-state index in [9.17, 15) is 18.0 Å². The van der Waals surface area contributed by atoms with Gasteiger partial charge in [0.2, 0.25) is 0 Å². The highest BCUT2D eigenvalue weighted by atomic mass is 79.9. The first-order valence-corrected chi connectivity index (χ1v) is 5.25. The molecule has 1 aromatic carbocycles. The summed E-state index contributed by atoms with van der Waals surface area (Å²) in [6.07, 6.45) is -4.45. The van der Waals surface area contributed by atoms with Crippen LogP contribution in [0.4, 0.5) is 13.2 Å². The van der Waals surface area contributed by atoms with Gasteiger partial charge in [-0.15, -0.1) is 0 Å². The molecular weight excluding hydrogens is 303 g/mol. The van der Waals surface area contributed by atoms with Gasteiger partial charge in [-0.3, -0.25) is 9.63 Å². The van der Waals surface area contributed by atoms with Crippen molar-refractivity contribution in [2.24, 2.45) is 0 Å². The van der Waals surface area contributed by atoms with Crippen LogP contribution in [0, 0.1) is 0 Å². The Labute approximate surface area is 104 Å². The molecule has 3 nitrogen and oxygen atoms in total. The molecule has 0 N–H and O–H groups in total. The molecule has 0 aromatic heterocycles. The number of amides is 1. The van der Waals surface area contributed by atoms with Crippen LogP contribution in [0.3, 0.4) is 0 Å². The average Bonchev–Trinajstić information content (AvgIpc) is 2.25. The van der Waals surface area contributed by atoms with Crippen molar-refractivity contribution in [2.45, 2.75) is 6.18 Å². The second-order valence-electron chi connectivity index (χ2n) is 3.18. The van der Waals surface area contributed by atoms with E-state index in [1.807, 2.05) is 0 Å². The van der Waals surface area contributed by atoms with Gasteiger partial charge in [0.05, 0.1) is 12.7 Å². The van der Waals surface area contributed by atoms with Crippen LogP contribution < -0.4 is 0 Å². The highest BCUT2D eigenvalue weighted by Gasteiger charge is 2.33. The van der Waals surface area contributed by atoms with Gasteiger partial charge in [0.1, 0.15) is 0 Å². The summed E-state index contributed by atoms with van der Waals surface area (Å²) >= 11 is 2.79. The summed E-state index contributed by atoms with van der Waals surface area (Å²) in [6.45, 7) is 0. The molecule has 1 rings (SSSR count). The Bertz CT molecular complexity index is 434. The minimum Gasteiger partial charge on any atom is -0.274 e. The fourth-order valence-corrected chi connectivity index (χ4v) is 1.75. The number of alkyl halides is 3. The van der Waals surface area contributed by atoms with E-state index in [2.05, 4.69) is 20.8 Å².